The van der Waals surface area contributed by atoms with Gasteiger partial charge in [0.1, 0.15) is 18.2 Å². The summed E-state index contributed by atoms with van der Waals surface area (Å²) in [5.74, 6) is 0.723. The molecule has 2 unspecified atom stereocenters. The smallest absolute Gasteiger partial charge is 0.251 e. The lowest BCUT2D eigenvalue weighted by Gasteiger charge is -2.29. The molecule has 2 aliphatic rings. The Balaban J connectivity index is 1.22. The van der Waals surface area contributed by atoms with Crippen LogP contribution < -0.4 is 15.0 Å². The van der Waals surface area contributed by atoms with E-state index in [-0.39, 0.29) is 29.2 Å². The van der Waals surface area contributed by atoms with Crippen molar-refractivity contribution in [2.75, 3.05) is 24.7 Å². The number of anilines is 2. The van der Waals surface area contributed by atoms with Crippen molar-refractivity contribution in [2.45, 2.75) is 30.5 Å². The van der Waals surface area contributed by atoms with E-state index in [2.05, 4.69) is 15.3 Å². The molecule has 0 saturated carbocycles. The van der Waals surface area contributed by atoms with Gasteiger partial charge in [-0.15, -0.1) is 0 Å². The molecular formula is C27H23F2N5O4S. The molecule has 0 aliphatic carbocycles. The zero-order valence-corrected chi connectivity index (χ0v) is 21.6. The van der Waals surface area contributed by atoms with Crippen LogP contribution in [0, 0.1) is 12.7 Å². The number of fused-ring (bicyclic) bond motifs is 3. The molecule has 1 aromatic carbocycles. The average Bonchev–Trinajstić information content (AvgIpc) is 3.09. The Morgan fingerprint density at radius 2 is 2.08 bits per heavy atom. The SMILES string of the molecule is Cc1cnc2c(c1)OCCN2c1ccc2cnc(CNC(=O)c3cc(F)c4c(c3)S(=O)C(F)COC4)cc2n1. The quantitative estimate of drug-likeness (QED) is 0.408. The van der Waals surface area contributed by atoms with Gasteiger partial charge >= 0.3 is 0 Å². The summed E-state index contributed by atoms with van der Waals surface area (Å²) in [7, 11) is -2.14. The summed E-state index contributed by atoms with van der Waals surface area (Å²) in [6.45, 7) is 2.47. The maximum atomic E-state index is 14.7. The number of hydrogen-bond acceptors (Lipinski definition) is 8. The molecule has 0 saturated heterocycles. The maximum absolute atomic E-state index is 14.7. The highest BCUT2D eigenvalue weighted by Crippen LogP contribution is 2.35. The van der Waals surface area contributed by atoms with Crippen molar-refractivity contribution < 1.29 is 27.3 Å². The number of benzene rings is 1. The van der Waals surface area contributed by atoms with Crippen LogP contribution in [0.1, 0.15) is 27.2 Å². The van der Waals surface area contributed by atoms with Crippen LogP contribution in [0.2, 0.25) is 0 Å². The largest absolute Gasteiger partial charge is 0.488 e. The predicted molar refractivity (Wildman–Crippen MR) is 140 cm³/mol. The zero-order valence-electron chi connectivity index (χ0n) is 20.8. The molecule has 4 aromatic rings. The second-order valence-corrected chi connectivity index (χ2v) is 10.8. The molecule has 6 rings (SSSR count). The molecule has 5 heterocycles. The zero-order chi connectivity index (χ0) is 27.1. The van der Waals surface area contributed by atoms with E-state index in [1.807, 2.05) is 30.0 Å². The van der Waals surface area contributed by atoms with Crippen LogP contribution in [0.25, 0.3) is 10.9 Å². The summed E-state index contributed by atoms with van der Waals surface area (Å²) in [6, 6.07) is 9.80. The minimum absolute atomic E-state index is 0.00339. The van der Waals surface area contributed by atoms with E-state index < -0.39 is 34.6 Å². The van der Waals surface area contributed by atoms with E-state index in [4.69, 9.17) is 14.5 Å². The minimum Gasteiger partial charge on any atom is -0.488 e. The minimum atomic E-state index is -2.14. The Hall–Kier alpha value is -4.03. The first-order valence-electron chi connectivity index (χ1n) is 12.2. The van der Waals surface area contributed by atoms with Crippen LogP contribution in [-0.2, 0) is 28.7 Å². The lowest BCUT2D eigenvalue weighted by molar-refractivity contribution is 0.0942. The predicted octanol–water partition coefficient (Wildman–Crippen LogP) is 3.87. The highest BCUT2D eigenvalue weighted by molar-refractivity contribution is 7.85. The van der Waals surface area contributed by atoms with Crippen LogP contribution in [0.15, 0.2) is 53.7 Å². The molecular weight excluding hydrogens is 528 g/mol. The van der Waals surface area contributed by atoms with Gasteiger partial charge in [-0.1, -0.05) is 0 Å². The number of amides is 1. The van der Waals surface area contributed by atoms with Crippen molar-refractivity contribution in [1.82, 2.24) is 20.3 Å². The number of carbonyl (C=O) groups excluding carboxylic acids is 1. The van der Waals surface area contributed by atoms with E-state index in [0.29, 0.717) is 41.7 Å². The van der Waals surface area contributed by atoms with Gasteiger partial charge in [-0.3, -0.25) is 14.0 Å². The Bertz CT molecular complexity index is 1640. The Morgan fingerprint density at radius 1 is 1.21 bits per heavy atom. The van der Waals surface area contributed by atoms with Gasteiger partial charge in [0, 0.05) is 28.9 Å². The molecule has 9 nitrogen and oxygen atoms in total. The molecule has 0 radical (unpaired) electrons. The maximum Gasteiger partial charge on any atom is 0.251 e. The summed E-state index contributed by atoms with van der Waals surface area (Å²) in [5, 5.41) is 3.51. The van der Waals surface area contributed by atoms with Gasteiger partial charge in [0.2, 0.25) is 5.50 Å². The number of ether oxygens (including phenoxy) is 2. The number of rotatable bonds is 4. The summed E-state index contributed by atoms with van der Waals surface area (Å²) < 4.78 is 51.9. The summed E-state index contributed by atoms with van der Waals surface area (Å²) in [6.07, 6.45) is 3.44. The average molecular weight is 552 g/mol. The van der Waals surface area contributed by atoms with Gasteiger partial charge < -0.3 is 19.7 Å². The highest BCUT2D eigenvalue weighted by Gasteiger charge is 2.28. The van der Waals surface area contributed by atoms with Crippen LogP contribution in [-0.4, -0.2) is 50.3 Å². The number of nitrogens with zero attached hydrogens (tertiary/aromatic N) is 4. The van der Waals surface area contributed by atoms with Crippen molar-refractivity contribution in [1.29, 1.82) is 0 Å². The third kappa shape index (κ3) is 4.92. The lowest BCUT2D eigenvalue weighted by Crippen LogP contribution is -2.30. The Labute approximate surface area is 224 Å². The van der Waals surface area contributed by atoms with Gasteiger partial charge in [0.05, 0.1) is 53.2 Å². The van der Waals surface area contributed by atoms with Crippen LogP contribution >= 0.6 is 0 Å². The van der Waals surface area contributed by atoms with Crippen LogP contribution in [0.3, 0.4) is 0 Å². The molecule has 3 aromatic heterocycles. The number of pyridine rings is 3. The van der Waals surface area contributed by atoms with Crippen molar-refractivity contribution in [3.63, 3.8) is 0 Å². The molecule has 1 N–H and O–H groups in total. The normalized spacial score (nSPS) is 18.6. The van der Waals surface area contributed by atoms with Gasteiger partial charge in [0.15, 0.2) is 11.6 Å². The lowest BCUT2D eigenvalue weighted by atomic mass is 10.1. The highest BCUT2D eigenvalue weighted by atomic mass is 32.2. The fraction of sp³-hybridized carbons (Fsp3) is 0.259. The third-order valence-electron chi connectivity index (χ3n) is 6.48. The van der Waals surface area contributed by atoms with Gasteiger partial charge in [-0.25, -0.2) is 18.7 Å². The number of aromatic nitrogens is 3. The first-order chi connectivity index (χ1) is 18.9. The molecule has 2 aliphatic heterocycles. The molecule has 0 bridgehead atoms. The first kappa shape index (κ1) is 25.3. The standard InChI is InChI=1S/C27H23F2N5O4S/c1-15-6-22-26(31-10-15)34(4-5-38-22)25-3-2-16-11-30-18(9-21(16)33-25)12-32-27(35)17-7-20(28)19-13-37-14-24(29)39(36)23(19)8-17/h2-3,6-11,24H,4-5,12-14H2,1H3,(H,32,35). The van der Waals surface area contributed by atoms with E-state index in [9.17, 15) is 17.8 Å². The monoisotopic (exact) mass is 551 g/mol. The van der Waals surface area contributed by atoms with E-state index in [0.717, 1.165) is 17.0 Å². The van der Waals surface area contributed by atoms with Crippen molar-refractivity contribution in [3.05, 3.63) is 77.0 Å². The van der Waals surface area contributed by atoms with Crippen molar-refractivity contribution in [3.8, 4) is 5.75 Å². The van der Waals surface area contributed by atoms with E-state index in [1.165, 1.54) is 6.07 Å². The van der Waals surface area contributed by atoms with E-state index in [1.54, 1.807) is 18.5 Å². The number of hydrogen-bond donors (Lipinski definition) is 1. The molecule has 1 amide bonds. The van der Waals surface area contributed by atoms with Crippen molar-refractivity contribution >= 4 is 39.2 Å². The molecule has 2 atom stereocenters. The number of aryl methyl sites for hydroxylation is 1. The molecule has 39 heavy (non-hydrogen) atoms. The molecule has 0 fully saturated rings. The second-order valence-electron chi connectivity index (χ2n) is 9.21. The van der Waals surface area contributed by atoms with Gasteiger partial charge in [-0.2, -0.15) is 0 Å². The third-order valence-corrected chi connectivity index (χ3v) is 7.88. The first-order valence-corrected chi connectivity index (χ1v) is 13.4. The van der Waals surface area contributed by atoms with E-state index >= 15 is 0 Å². The topological polar surface area (TPSA) is 107 Å². The second kappa shape index (κ2) is 10.3. The van der Waals surface area contributed by atoms with Crippen LogP contribution in [0.5, 0.6) is 5.75 Å². The number of alkyl halides is 1. The van der Waals surface area contributed by atoms with Crippen LogP contribution in [0.4, 0.5) is 20.4 Å². The van der Waals surface area contributed by atoms with Gasteiger partial charge in [-0.05, 0) is 48.9 Å². The Morgan fingerprint density at radius 3 is 2.95 bits per heavy atom. The van der Waals surface area contributed by atoms with Crippen molar-refractivity contribution in [2.24, 2.45) is 0 Å². The molecule has 200 valence electrons. The summed E-state index contributed by atoms with van der Waals surface area (Å²) in [5.41, 5.74) is 0.344. The fourth-order valence-electron chi connectivity index (χ4n) is 4.50. The number of halogens is 2. The number of nitrogens with one attached hydrogen (secondary N) is 1. The summed E-state index contributed by atoms with van der Waals surface area (Å²) in [4.78, 5) is 28.5. The fourth-order valence-corrected chi connectivity index (χ4v) is 5.64. The Kier molecular flexibility index (Phi) is 6.65. The number of carbonyl (C=O) groups is 1. The summed E-state index contributed by atoms with van der Waals surface area (Å²) >= 11 is 0. The molecule has 0 spiro atoms. The molecule has 12 heteroatoms. The van der Waals surface area contributed by atoms with Gasteiger partial charge in [0.25, 0.3) is 5.91 Å².